The van der Waals surface area contributed by atoms with E-state index in [1.165, 1.54) is 42.0 Å². The second-order valence-corrected chi connectivity index (χ2v) is 7.05. The summed E-state index contributed by atoms with van der Waals surface area (Å²) in [6, 6.07) is 15.7. The molecule has 1 unspecified atom stereocenters. The molecule has 3 rings (SSSR count). The average molecular weight is 312 g/mol. The van der Waals surface area contributed by atoms with Crippen LogP contribution in [0.4, 0.5) is 0 Å². The lowest BCUT2D eigenvalue weighted by molar-refractivity contribution is 0.138. The summed E-state index contributed by atoms with van der Waals surface area (Å²) in [5, 5.41) is 1.22. The normalized spacial score (nSPS) is 19.2. The van der Waals surface area contributed by atoms with Crippen molar-refractivity contribution in [1.82, 2.24) is 9.88 Å². The van der Waals surface area contributed by atoms with Crippen molar-refractivity contribution in [3.05, 3.63) is 59.8 Å². The Labute approximate surface area is 138 Å². The van der Waals surface area contributed by atoms with Gasteiger partial charge in [0.2, 0.25) is 0 Å². The van der Waals surface area contributed by atoms with Crippen LogP contribution >= 0.6 is 11.8 Å². The Morgan fingerprint density at radius 1 is 1.14 bits per heavy atom. The molecule has 0 spiro atoms. The zero-order valence-electron chi connectivity index (χ0n) is 13.2. The smallest absolute Gasteiger partial charge is 0.101 e. The molecule has 2 aromatic rings. The van der Waals surface area contributed by atoms with Gasteiger partial charge in [0.05, 0.1) is 0 Å². The van der Waals surface area contributed by atoms with Crippen molar-refractivity contribution in [3.63, 3.8) is 0 Å². The molecule has 3 heteroatoms. The van der Waals surface area contributed by atoms with E-state index in [4.69, 9.17) is 0 Å². The monoisotopic (exact) mass is 312 g/mol. The van der Waals surface area contributed by atoms with Crippen LogP contribution in [0.1, 0.15) is 43.4 Å². The predicted octanol–water partition coefficient (Wildman–Crippen LogP) is 4.92. The molecule has 116 valence electrons. The van der Waals surface area contributed by atoms with Crippen molar-refractivity contribution in [2.24, 2.45) is 0 Å². The van der Waals surface area contributed by atoms with E-state index in [1.54, 1.807) is 0 Å². The summed E-state index contributed by atoms with van der Waals surface area (Å²) >= 11 is 1.87. The Balaban J connectivity index is 1.83. The van der Waals surface area contributed by atoms with Gasteiger partial charge in [-0.3, -0.25) is 4.90 Å². The maximum absolute atomic E-state index is 4.62. The maximum atomic E-state index is 4.62. The number of nitrogens with zero attached hydrogens (tertiary/aromatic N) is 2. The van der Waals surface area contributed by atoms with Gasteiger partial charge < -0.3 is 0 Å². The fourth-order valence-electron chi connectivity index (χ4n) is 3.26. The molecule has 22 heavy (non-hydrogen) atoms. The number of likely N-dealkylation sites (tertiary alicyclic amines) is 1. The van der Waals surface area contributed by atoms with Gasteiger partial charge in [0, 0.05) is 24.3 Å². The van der Waals surface area contributed by atoms with E-state index in [9.17, 15) is 0 Å². The first-order valence-electron chi connectivity index (χ1n) is 8.24. The van der Waals surface area contributed by atoms with Crippen LogP contribution in [0.2, 0.25) is 0 Å². The molecule has 0 saturated carbocycles. The SMILES string of the molecule is CCSc1ncccc1C1CCCCN1Cc1ccccc1. The van der Waals surface area contributed by atoms with E-state index >= 15 is 0 Å². The van der Waals surface area contributed by atoms with Crippen molar-refractivity contribution in [3.8, 4) is 0 Å². The number of hydrogen-bond acceptors (Lipinski definition) is 3. The topological polar surface area (TPSA) is 16.1 Å². The first-order valence-corrected chi connectivity index (χ1v) is 9.22. The Hall–Kier alpha value is -1.32. The van der Waals surface area contributed by atoms with Crippen molar-refractivity contribution < 1.29 is 0 Å². The van der Waals surface area contributed by atoms with Crippen LogP contribution in [0.25, 0.3) is 0 Å². The standard InChI is InChI=1S/C19H24N2S/c1-2-22-19-17(11-8-13-20-19)18-12-6-7-14-21(18)15-16-9-4-3-5-10-16/h3-5,8-11,13,18H,2,6-7,12,14-15H2,1H3. The third-order valence-corrected chi connectivity index (χ3v) is 5.19. The van der Waals surface area contributed by atoms with Crippen LogP contribution in [0.15, 0.2) is 53.7 Å². The molecule has 1 aromatic heterocycles. The quantitative estimate of drug-likeness (QED) is 0.729. The zero-order chi connectivity index (χ0) is 15.2. The van der Waals surface area contributed by atoms with E-state index in [1.807, 2.05) is 18.0 Å². The van der Waals surface area contributed by atoms with Gasteiger partial charge in [0.15, 0.2) is 0 Å². The third-order valence-electron chi connectivity index (χ3n) is 4.28. The molecule has 2 heterocycles. The van der Waals surface area contributed by atoms with Crippen LogP contribution in [0, 0.1) is 0 Å². The second kappa shape index (κ2) is 7.80. The molecular weight excluding hydrogens is 288 g/mol. The van der Waals surface area contributed by atoms with Crippen molar-refractivity contribution in [1.29, 1.82) is 0 Å². The summed E-state index contributed by atoms with van der Waals surface area (Å²) in [6.45, 7) is 4.42. The second-order valence-electron chi connectivity index (χ2n) is 5.80. The Morgan fingerprint density at radius 3 is 2.82 bits per heavy atom. The zero-order valence-corrected chi connectivity index (χ0v) is 14.1. The highest BCUT2D eigenvalue weighted by Gasteiger charge is 2.26. The Bertz CT molecular complexity index is 585. The van der Waals surface area contributed by atoms with E-state index in [0.29, 0.717) is 6.04 Å². The van der Waals surface area contributed by atoms with Crippen molar-refractivity contribution in [2.75, 3.05) is 12.3 Å². The molecule has 1 aliphatic heterocycles. The number of thioether (sulfide) groups is 1. The molecule has 1 atom stereocenters. The van der Waals surface area contributed by atoms with E-state index in [0.717, 1.165) is 12.3 Å². The van der Waals surface area contributed by atoms with Crippen LogP contribution < -0.4 is 0 Å². The molecule has 1 aromatic carbocycles. The van der Waals surface area contributed by atoms with Gasteiger partial charge in [-0.15, -0.1) is 11.8 Å². The fourth-order valence-corrected chi connectivity index (χ4v) is 4.04. The lowest BCUT2D eigenvalue weighted by Crippen LogP contribution is -2.33. The highest BCUT2D eigenvalue weighted by Crippen LogP contribution is 2.36. The summed E-state index contributed by atoms with van der Waals surface area (Å²) in [5.41, 5.74) is 2.83. The van der Waals surface area contributed by atoms with Crippen molar-refractivity contribution >= 4 is 11.8 Å². The first-order chi connectivity index (χ1) is 10.9. The number of piperidine rings is 1. The molecule has 0 aliphatic carbocycles. The minimum Gasteiger partial charge on any atom is -0.292 e. The van der Waals surface area contributed by atoms with Crippen LogP contribution in [-0.2, 0) is 6.54 Å². The average Bonchev–Trinajstić information content (AvgIpc) is 2.57. The summed E-state index contributed by atoms with van der Waals surface area (Å²) in [6.07, 6.45) is 5.79. The number of hydrogen-bond donors (Lipinski definition) is 0. The molecule has 1 saturated heterocycles. The number of rotatable bonds is 5. The van der Waals surface area contributed by atoms with Gasteiger partial charge in [-0.05, 0) is 36.8 Å². The first kappa shape index (κ1) is 15.6. The number of pyridine rings is 1. The Morgan fingerprint density at radius 2 is 2.00 bits per heavy atom. The van der Waals surface area contributed by atoms with Gasteiger partial charge >= 0.3 is 0 Å². The van der Waals surface area contributed by atoms with Crippen LogP contribution in [0.5, 0.6) is 0 Å². The highest BCUT2D eigenvalue weighted by molar-refractivity contribution is 7.99. The third kappa shape index (κ3) is 3.71. The molecule has 0 bridgehead atoms. The summed E-state index contributed by atoms with van der Waals surface area (Å²) in [7, 11) is 0. The molecule has 1 aliphatic rings. The van der Waals surface area contributed by atoms with Gasteiger partial charge in [-0.2, -0.15) is 0 Å². The minimum atomic E-state index is 0.511. The van der Waals surface area contributed by atoms with Crippen LogP contribution in [0.3, 0.4) is 0 Å². The Kier molecular flexibility index (Phi) is 5.52. The highest BCUT2D eigenvalue weighted by atomic mass is 32.2. The molecule has 0 N–H and O–H groups in total. The molecular formula is C19H24N2S. The van der Waals surface area contributed by atoms with E-state index < -0.39 is 0 Å². The number of benzene rings is 1. The van der Waals surface area contributed by atoms with Gasteiger partial charge in [-0.1, -0.05) is 49.7 Å². The molecule has 1 fully saturated rings. The molecule has 0 radical (unpaired) electrons. The lowest BCUT2D eigenvalue weighted by Gasteiger charge is -2.36. The van der Waals surface area contributed by atoms with E-state index in [-0.39, 0.29) is 0 Å². The summed E-state index contributed by atoms with van der Waals surface area (Å²) in [5.74, 6) is 1.08. The largest absolute Gasteiger partial charge is 0.292 e. The minimum absolute atomic E-state index is 0.511. The molecule has 0 amide bonds. The van der Waals surface area contributed by atoms with Crippen LogP contribution in [-0.4, -0.2) is 22.2 Å². The van der Waals surface area contributed by atoms with Gasteiger partial charge in [-0.25, -0.2) is 4.98 Å². The lowest BCUT2D eigenvalue weighted by atomic mass is 9.95. The van der Waals surface area contributed by atoms with Crippen molar-refractivity contribution in [2.45, 2.75) is 43.8 Å². The van der Waals surface area contributed by atoms with E-state index in [2.05, 4.69) is 59.3 Å². The van der Waals surface area contributed by atoms with Gasteiger partial charge in [0.25, 0.3) is 0 Å². The summed E-state index contributed by atoms with van der Waals surface area (Å²) < 4.78 is 0. The fraction of sp³-hybridized carbons (Fsp3) is 0.421. The van der Waals surface area contributed by atoms with Gasteiger partial charge in [0.1, 0.15) is 5.03 Å². The summed E-state index contributed by atoms with van der Waals surface area (Å²) in [4.78, 5) is 7.26. The maximum Gasteiger partial charge on any atom is 0.101 e. The number of aromatic nitrogens is 1. The predicted molar refractivity (Wildman–Crippen MR) is 94.1 cm³/mol. The molecule has 2 nitrogen and oxygen atoms in total.